The van der Waals surface area contributed by atoms with Crippen LogP contribution in [0.1, 0.15) is 12.7 Å². The first-order chi connectivity index (χ1) is 13.4. The van der Waals surface area contributed by atoms with Crippen LogP contribution in [0.15, 0.2) is 0 Å². The molecule has 1 N–H and O–H groups in total. The highest BCUT2D eigenvalue weighted by atomic mass is 35.5. The summed E-state index contributed by atoms with van der Waals surface area (Å²) in [5, 5.41) is 2.14. The predicted octanol–water partition coefficient (Wildman–Crippen LogP) is 2.10. The van der Waals surface area contributed by atoms with E-state index in [0.29, 0.717) is 0 Å². The van der Waals surface area contributed by atoms with Crippen molar-refractivity contribution in [1.29, 1.82) is 0 Å². The van der Waals surface area contributed by atoms with Crippen LogP contribution in [-0.2, 0) is 11.0 Å². The number of hydrogen-bond donors (Lipinski definition) is 1. The SMILES string of the molecule is C[C@@H]1[C@H](N2CCNCC2)CN1c1nc(C(F)(F)F)nc(Cl)c1OC(=O)C(F)(F)F. The van der Waals surface area contributed by atoms with E-state index in [1.165, 1.54) is 4.90 Å². The Bertz CT molecular complexity index is 784. The first-order valence-corrected chi connectivity index (χ1v) is 8.92. The second-order valence-electron chi connectivity index (χ2n) is 6.62. The zero-order chi connectivity index (χ0) is 21.6. The zero-order valence-corrected chi connectivity index (χ0v) is 15.7. The van der Waals surface area contributed by atoms with Crippen LogP contribution in [0.3, 0.4) is 0 Å². The van der Waals surface area contributed by atoms with Crippen LogP contribution in [-0.4, -0.2) is 71.8 Å². The summed E-state index contributed by atoms with van der Waals surface area (Å²) in [7, 11) is 0. The van der Waals surface area contributed by atoms with E-state index >= 15 is 0 Å². The molecule has 1 aromatic heterocycles. The predicted molar refractivity (Wildman–Crippen MR) is 88.8 cm³/mol. The molecule has 0 amide bonds. The highest BCUT2D eigenvalue weighted by Gasteiger charge is 2.47. The smallest absolute Gasteiger partial charge is 0.413 e. The summed E-state index contributed by atoms with van der Waals surface area (Å²) in [6.07, 6.45) is -10.4. The number of carbonyl (C=O) groups excluding carboxylic acids is 1. The number of nitrogens with zero attached hydrogens (tertiary/aromatic N) is 4. The normalized spacial score (nSPS) is 23.7. The molecule has 7 nitrogen and oxygen atoms in total. The van der Waals surface area contributed by atoms with Crippen LogP contribution in [0, 0.1) is 0 Å². The van der Waals surface area contributed by atoms with Crippen molar-refractivity contribution in [2.24, 2.45) is 0 Å². The van der Waals surface area contributed by atoms with Gasteiger partial charge >= 0.3 is 18.3 Å². The molecule has 2 aliphatic heterocycles. The largest absolute Gasteiger partial charge is 0.491 e. The second-order valence-corrected chi connectivity index (χ2v) is 6.98. The van der Waals surface area contributed by atoms with Crippen molar-refractivity contribution in [3.63, 3.8) is 0 Å². The van der Waals surface area contributed by atoms with Crippen LogP contribution < -0.4 is 15.0 Å². The third-order valence-corrected chi connectivity index (χ3v) is 5.07. The Morgan fingerprint density at radius 1 is 1.17 bits per heavy atom. The number of piperazine rings is 1. The molecule has 2 fully saturated rings. The molecule has 0 bridgehead atoms. The van der Waals surface area contributed by atoms with Gasteiger partial charge in [-0.1, -0.05) is 11.6 Å². The summed E-state index contributed by atoms with van der Waals surface area (Å²) in [6.45, 7) is 4.80. The fourth-order valence-electron chi connectivity index (χ4n) is 3.28. The summed E-state index contributed by atoms with van der Waals surface area (Å²) < 4.78 is 81.2. The van der Waals surface area contributed by atoms with Crippen LogP contribution in [0.5, 0.6) is 5.75 Å². The number of anilines is 1. The lowest BCUT2D eigenvalue weighted by atomic mass is 9.95. The Labute approximate surface area is 166 Å². The number of rotatable bonds is 3. The molecule has 0 spiro atoms. The number of nitrogens with one attached hydrogen (secondary N) is 1. The van der Waals surface area contributed by atoms with E-state index in [1.807, 2.05) is 0 Å². The van der Waals surface area contributed by atoms with E-state index in [-0.39, 0.29) is 12.6 Å². The van der Waals surface area contributed by atoms with Gasteiger partial charge < -0.3 is 15.0 Å². The van der Waals surface area contributed by atoms with Gasteiger partial charge in [-0.05, 0) is 6.92 Å². The maximum Gasteiger partial charge on any atom is 0.491 e. The van der Waals surface area contributed by atoms with Gasteiger partial charge in [-0.15, -0.1) is 0 Å². The van der Waals surface area contributed by atoms with Gasteiger partial charge in [0, 0.05) is 44.8 Å². The molecule has 3 rings (SSSR count). The van der Waals surface area contributed by atoms with Crippen LogP contribution in [0.2, 0.25) is 5.15 Å². The molecule has 14 heteroatoms. The Hall–Kier alpha value is -1.86. The first-order valence-electron chi connectivity index (χ1n) is 8.54. The molecule has 162 valence electrons. The topological polar surface area (TPSA) is 70.6 Å². The number of ether oxygens (including phenoxy) is 1. The van der Waals surface area contributed by atoms with Crippen molar-refractivity contribution >= 4 is 23.4 Å². The lowest BCUT2D eigenvalue weighted by molar-refractivity contribution is -0.189. The van der Waals surface area contributed by atoms with Crippen LogP contribution in [0.25, 0.3) is 0 Å². The van der Waals surface area contributed by atoms with Crippen molar-refractivity contribution in [2.75, 3.05) is 37.6 Å². The standard InChI is InChI=1S/C15H16ClF6N5O2/c1-7-8(26-4-2-23-3-5-26)6-27(7)11-9(29-13(28)15(20,21)22)10(16)24-12(25-11)14(17,18)19/h7-8,23H,2-6H2,1H3/t7-,8-/m1/s1. The highest BCUT2D eigenvalue weighted by molar-refractivity contribution is 6.31. The van der Waals surface area contributed by atoms with Crippen LogP contribution in [0.4, 0.5) is 32.2 Å². The molecule has 3 heterocycles. The molecule has 2 atom stereocenters. The Morgan fingerprint density at radius 3 is 2.31 bits per heavy atom. The van der Waals surface area contributed by atoms with Crippen molar-refractivity contribution in [3.05, 3.63) is 11.0 Å². The molecule has 29 heavy (non-hydrogen) atoms. The monoisotopic (exact) mass is 447 g/mol. The molecule has 0 saturated carbocycles. The fourth-order valence-corrected chi connectivity index (χ4v) is 3.48. The number of alkyl halides is 6. The molecule has 0 aliphatic carbocycles. The highest BCUT2D eigenvalue weighted by Crippen LogP contribution is 2.41. The number of hydrogen-bond acceptors (Lipinski definition) is 7. The van der Waals surface area contributed by atoms with Crippen molar-refractivity contribution < 1.29 is 35.9 Å². The molecular formula is C15H16ClF6N5O2. The quantitative estimate of drug-likeness (QED) is 0.432. The molecule has 2 saturated heterocycles. The molecule has 0 aromatic carbocycles. The first kappa shape index (κ1) is 21.8. The minimum atomic E-state index is -5.37. The van der Waals surface area contributed by atoms with E-state index in [4.69, 9.17) is 11.6 Å². The van der Waals surface area contributed by atoms with Crippen LogP contribution >= 0.6 is 11.6 Å². The maximum absolute atomic E-state index is 13.1. The van der Waals surface area contributed by atoms with Crippen molar-refractivity contribution in [3.8, 4) is 5.75 Å². The van der Waals surface area contributed by atoms with Gasteiger partial charge in [0.15, 0.2) is 11.0 Å². The van der Waals surface area contributed by atoms with Gasteiger partial charge in [-0.25, -0.2) is 14.8 Å². The summed E-state index contributed by atoms with van der Waals surface area (Å²) in [4.78, 5) is 20.9. The summed E-state index contributed by atoms with van der Waals surface area (Å²) in [5.74, 6) is -5.82. The molecule has 0 radical (unpaired) electrons. The average molecular weight is 448 g/mol. The van der Waals surface area contributed by atoms with E-state index in [2.05, 4.69) is 24.9 Å². The maximum atomic E-state index is 13.1. The molecule has 1 aromatic rings. The number of halogens is 7. The Kier molecular flexibility index (Phi) is 5.84. The Morgan fingerprint density at radius 2 is 1.79 bits per heavy atom. The third-order valence-electron chi connectivity index (χ3n) is 4.81. The van der Waals surface area contributed by atoms with Gasteiger partial charge in [0.1, 0.15) is 0 Å². The fraction of sp³-hybridized carbons (Fsp3) is 0.667. The lowest BCUT2D eigenvalue weighted by Gasteiger charge is -2.52. The number of carbonyl (C=O) groups is 1. The van der Waals surface area contributed by atoms with E-state index in [9.17, 15) is 31.1 Å². The number of esters is 1. The summed E-state index contributed by atoms with van der Waals surface area (Å²) >= 11 is 5.65. The molecule has 2 aliphatic rings. The minimum absolute atomic E-state index is 0.0497. The second kappa shape index (κ2) is 7.76. The van der Waals surface area contributed by atoms with Gasteiger partial charge in [-0.2, -0.15) is 26.3 Å². The van der Waals surface area contributed by atoms with Gasteiger partial charge in [-0.3, -0.25) is 4.90 Å². The van der Waals surface area contributed by atoms with E-state index in [1.54, 1.807) is 6.92 Å². The minimum Gasteiger partial charge on any atom is -0.413 e. The van der Waals surface area contributed by atoms with Gasteiger partial charge in [0.05, 0.1) is 0 Å². The van der Waals surface area contributed by atoms with Crippen molar-refractivity contribution in [1.82, 2.24) is 20.2 Å². The van der Waals surface area contributed by atoms with E-state index in [0.717, 1.165) is 26.2 Å². The average Bonchev–Trinajstić information content (AvgIpc) is 2.62. The van der Waals surface area contributed by atoms with Crippen molar-refractivity contribution in [2.45, 2.75) is 31.4 Å². The summed E-state index contributed by atoms with van der Waals surface area (Å²) in [5.41, 5.74) is 0. The van der Waals surface area contributed by atoms with Gasteiger partial charge in [0.2, 0.25) is 11.6 Å². The van der Waals surface area contributed by atoms with E-state index < -0.39 is 46.9 Å². The number of aromatic nitrogens is 2. The molecular weight excluding hydrogens is 432 g/mol. The lowest BCUT2D eigenvalue weighted by Crippen LogP contribution is -2.68. The Balaban J connectivity index is 1.93. The summed E-state index contributed by atoms with van der Waals surface area (Å²) in [6, 6.07) is -0.449. The zero-order valence-electron chi connectivity index (χ0n) is 14.9. The third kappa shape index (κ3) is 4.51. The molecule has 0 unspecified atom stereocenters. The van der Waals surface area contributed by atoms with Gasteiger partial charge in [0.25, 0.3) is 0 Å².